The summed E-state index contributed by atoms with van der Waals surface area (Å²) < 4.78 is 5.74. The third-order valence-electron chi connectivity index (χ3n) is 2.12. The Kier molecular flexibility index (Phi) is 3.60. The summed E-state index contributed by atoms with van der Waals surface area (Å²) in [5.41, 5.74) is 5.15. The van der Waals surface area contributed by atoms with Crippen LogP contribution < -0.4 is 16.0 Å². The van der Waals surface area contributed by atoms with Crippen LogP contribution in [0, 0.1) is 3.57 Å². The molecule has 1 heterocycles. The van der Waals surface area contributed by atoms with Crippen LogP contribution in [0.3, 0.4) is 0 Å². The lowest BCUT2D eigenvalue weighted by Gasteiger charge is -2.08. The molecule has 0 aliphatic heterocycles. The number of H-pyrrole nitrogens is 1. The maximum absolute atomic E-state index is 11.4. The summed E-state index contributed by atoms with van der Waals surface area (Å²) in [7, 11) is 0. The van der Waals surface area contributed by atoms with Gasteiger partial charge in [-0.1, -0.05) is 12.1 Å². The second-order valence-corrected chi connectivity index (χ2v) is 4.39. The van der Waals surface area contributed by atoms with Crippen LogP contribution in [0.4, 0.5) is 0 Å². The van der Waals surface area contributed by atoms with E-state index in [9.17, 15) is 9.59 Å². The number of benzene rings is 1. The van der Waals surface area contributed by atoms with Crippen molar-refractivity contribution in [1.29, 1.82) is 0 Å². The molecule has 0 atom stereocenters. The molecular formula is C11H8IN3O3. The van der Waals surface area contributed by atoms with Gasteiger partial charge < -0.3 is 15.5 Å². The molecule has 1 aromatic heterocycles. The summed E-state index contributed by atoms with van der Waals surface area (Å²) in [5, 5.41) is 0. The Morgan fingerprint density at radius 1 is 1.39 bits per heavy atom. The standard InChI is InChI=1S/C11H8IN3O3/c12-8-10(17)14-5-15-11(8)18-7-4-2-1-3-6(7)9(13)16/h1-5H,(H2,13,16)(H,14,15,17). The summed E-state index contributed by atoms with van der Waals surface area (Å²) in [6.45, 7) is 0. The maximum Gasteiger partial charge on any atom is 0.268 e. The molecule has 2 rings (SSSR count). The zero-order valence-corrected chi connectivity index (χ0v) is 11.2. The van der Waals surface area contributed by atoms with Crippen molar-refractivity contribution in [3.8, 4) is 11.6 Å². The first-order valence-electron chi connectivity index (χ1n) is 4.89. The number of rotatable bonds is 3. The predicted octanol–water partition coefficient (Wildman–Crippen LogP) is 1.27. The van der Waals surface area contributed by atoms with E-state index in [1.807, 2.05) is 22.6 Å². The summed E-state index contributed by atoms with van der Waals surface area (Å²) in [5.74, 6) is -0.209. The number of nitrogens with zero attached hydrogens (tertiary/aromatic N) is 1. The molecule has 2 aromatic rings. The van der Waals surface area contributed by atoms with Crippen molar-refractivity contribution >= 4 is 28.5 Å². The van der Waals surface area contributed by atoms with Gasteiger partial charge in [0.05, 0.1) is 11.9 Å². The van der Waals surface area contributed by atoms with Crippen molar-refractivity contribution in [2.75, 3.05) is 0 Å². The quantitative estimate of drug-likeness (QED) is 0.809. The first kappa shape index (κ1) is 12.6. The van der Waals surface area contributed by atoms with Crippen LogP contribution in [-0.4, -0.2) is 15.9 Å². The molecule has 6 nitrogen and oxygen atoms in total. The summed E-state index contributed by atoms with van der Waals surface area (Å²) >= 11 is 1.81. The second kappa shape index (κ2) is 5.17. The lowest BCUT2D eigenvalue weighted by atomic mass is 10.2. The van der Waals surface area contributed by atoms with E-state index in [-0.39, 0.29) is 22.8 Å². The molecule has 0 bridgehead atoms. The molecule has 0 saturated heterocycles. The molecule has 18 heavy (non-hydrogen) atoms. The van der Waals surface area contributed by atoms with E-state index in [1.54, 1.807) is 18.2 Å². The highest BCUT2D eigenvalue weighted by molar-refractivity contribution is 14.1. The number of halogens is 1. The van der Waals surface area contributed by atoms with Crippen LogP contribution in [0.1, 0.15) is 10.4 Å². The summed E-state index contributed by atoms with van der Waals surface area (Å²) in [6, 6.07) is 6.49. The Bertz CT molecular complexity index is 654. The first-order valence-corrected chi connectivity index (χ1v) is 5.97. The van der Waals surface area contributed by atoms with Gasteiger partial charge in [-0.2, -0.15) is 0 Å². The molecule has 0 fully saturated rings. The van der Waals surface area contributed by atoms with Crippen LogP contribution in [0.25, 0.3) is 0 Å². The fourth-order valence-corrected chi connectivity index (χ4v) is 1.71. The topological polar surface area (TPSA) is 98.1 Å². The molecule has 0 aliphatic carbocycles. The van der Waals surface area contributed by atoms with Crippen LogP contribution in [0.15, 0.2) is 35.4 Å². The molecule has 0 unspecified atom stereocenters. The van der Waals surface area contributed by atoms with E-state index >= 15 is 0 Å². The zero-order chi connectivity index (χ0) is 13.1. The minimum absolute atomic E-state index is 0.132. The van der Waals surface area contributed by atoms with E-state index < -0.39 is 5.91 Å². The molecular weight excluding hydrogens is 349 g/mol. The lowest BCUT2D eigenvalue weighted by Crippen LogP contribution is -2.14. The number of nitrogens with one attached hydrogen (secondary N) is 1. The number of hydrogen-bond donors (Lipinski definition) is 2. The van der Waals surface area contributed by atoms with Gasteiger partial charge in [-0.3, -0.25) is 9.59 Å². The number of para-hydroxylation sites is 1. The average molecular weight is 357 g/mol. The summed E-state index contributed by atoms with van der Waals surface area (Å²) in [4.78, 5) is 28.9. The number of hydrogen-bond acceptors (Lipinski definition) is 4. The van der Waals surface area contributed by atoms with Crippen molar-refractivity contribution in [3.05, 3.63) is 50.1 Å². The monoisotopic (exact) mass is 357 g/mol. The SMILES string of the molecule is NC(=O)c1ccccc1Oc1nc[nH]c(=O)c1I. The molecule has 3 N–H and O–H groups in total. The third kappa shape index (κ3) is 2.50. The highest BCUT2D eigenvalue weighted by atomic mass is 127. The Hall–Kier alpha value is -1.90. The number of primary amides is 1. The van der Waals surface area contributed by atoms with E-state index in [0.717, 1.165) is 0 Å². The van der Waals surface area contributed by atoms with Crippen molar-refractivity contribution in [1.82, 2.24) is 9.97 Å². The molecule has 92 valence electrons. The molecule has 1 amide bonds. The Morgan fingerprint density at radius 3 is 2.83 bits per heavy atom. The number of carbonyl (C=O) groups excluding carboxylic acids is 1. The maximum atomic E-state index is 11.4. The van der Waals surface area contributed by atoms with Gasteiger partial charge in [-0.25, -0.2) is 4.98 Å². The molecule has 7 heteroatoms. The average Bonchev–Trinajstić information content (AvgIpc) is 2.35. The van der Waals surface area contributed by atoms with E-state index in [2.05, 4.69) is 9.97 Å². The van der Waals surface area contributed by atoms with Crippen molar-refractivity contribution in [3.63, 3.8) is 0 Å². The second-order valence-electron chi connectivity index (χ2n) is 3.31. The fraction of sp³-hybridized carbons (Fsp3) is 0. The third-order valence-corrected chi connectivity index (χ3v) is 3.08. The van der Waals surface area contributed by atoms with Crippen LogP contribution in [-0.2, 0) is 0 Å². The minimum Gasteiger partial charge on any atom is -0.437 e. The summed E-state index contributed by atoms with van der Waals surface area (Å²) in [6.07, 6.45) is 1.23. The van der Waals surface area contributed by atoms with Gasteiger partial charge in [0.2, 0.25) is 5.88 Å². The molecule has 0 saturated carbocycles. The molecule has 0 aliphatic rings. The molecule has 0 radical (unpaired) electrons. The number of aromatic nitrogens is 2. The lowest BCUT2D eigenvalue weighted by molar-refractivity contribution is 0.0998. The van der Waals surface area contributed by atoms with Crippen molar-refractivity contribution in [2.24, 2.45) is 5.73 Å². The smallest absolute Gasteiger partial charge is 0.268 e. The molecule has 1 aromatic carbocycles. The van der Waals surface area contributed by atoms with Crippen molar-refractivity contribution < 1.29 is 9.53 Å². The number of nitrogens with two attached hydrogens (primary N) is 1. The fourth-order valence-electron chi connectivity index (χ4n) is 1.30. The minimum atomic E-state index is -0.606. The Morgan fingerprint density at radius 2 is 2.11 bits per heavy atom. The van der Waals surface area contributed by atoms with E-state index in [1.165, 1.54) is 12.4 Å². The van der Waals surface area contributed by atoms with E-state index in [4.69, 9.17) is 10.5 Å². The van der Waals surface area contributed by atoms with Gasteiger partial charge in [0.1, 0.15) is 9.32 Å². The largest absolute Gasteiger partial charge is 0.437 e. The van der Waals surface area contributed by atoms with Gasteiger partial charge in [0.15, 0.2) is 0 Å². The number of carbonyl (C=O) groups is 1. The molecule has 0 spiro atoms. The van der Waals surface area contributed by atoms with Crippen LogP contribution in [0.2, 0.25) is 0 Å². The van der Waals surface area contributed by atoms with Crippen LogP contribution in [0.5, 0.6) is 11.6 Å². The number of aromatic amines is 1. The normalized spacial score (nSPS) is 10.1. The van der Waals surface area contributed by atoms with Gasteiger partial charge in [0, 0.05) is 0 Å². The van der Waals surface area contributed by atoms with Gasteiger partial charge in [-0.05, 0) is 34.7 Å². The highest BCUT2D eigenvalue weighted by Crippen LogP contribution is 2.25. The van der Waals surface area contributed by atoms with Crippen LogP contribution >= 0.6 is 22.6 Å². The van der Waals surface area contributed by atoms with Crippen molar-refractivity contribution in [2.45, 2.75) is 0 Å². The van der Waals surface area contributed by atoms with Gasteiger partial charge in [0.25, 0.3) is 11.5 Å². The Labute approximate surface area is 115 Å². The Balaban J connectivity index is 2.43. The predicted molar refractivity (Wildman–Crippen MR) is 72.6 cm³/mol. The zero-order valence-electron chi connectivity index (χ0n) is 9.01. The van der Waals surface area contributed by atoms with E-state index in [0.29, 0.717) is 3.57 Å². The highest BCUT2D eigenvalue weighted by Gasteiger charge is 2.13. The number of amides is 1. The van der Waals surface area contributed by atoms with Gasteiger partial charge in [-0.15, -0.1) is 0 Å². The van der Waals surface area contributed by atoms with Gasteiger partial charge >= 0.3 is 0 Å². The number of ether oxygens (including phenoxy) is 1. The first-order chi connectivity index (χ1) is 8.59.